The van der Waals surface area contributed by atoms with Gasteiger partial charge >= 0.3 is 0 Å². The second-order valence-corrected chi connectivity index (χ2v) is 9.60. The highest BCUT2D eigenvalue weighted by molar-refractivity contribution is 7.92. The smallest absolute Gasteiger partial charge is 0.262 e. The summed E-state index contributed by atoms with van der Waals surface area (Å²) in [7, 11) is -3.83. The number of amides is 1. The standard InChI is InChI=1S/C26H30N2O3S/c1-5-20-11-13-21(6-2)23(15-20)17-27-26(29)22-12-10-19(4)25(16-22)32(30,31)28-24-9-7-8-18(3)14-24/h7-16,28H,5-6,17H2,1-4H3,(H,27,29). The molecule has 1 amide bonds. The molecule has 0 aliphatic rings. The Morgan fingerprint density at radius 2 is 1.66 bits per heavy atom. The van der Waals surface area contributed by atoms with Crippen molar-refractivity contribution in [2.45, 2.75) is 52.0 Å². The number of sulfonamides is 1. The Labute approximate surface area is 190 Å². The molecular weight excluding hydrogens is 420 g/mol. The molecule has 0 aliphatic carbocycles. The lowest BCUT2D eigenvalue weighted by atomic mass is 10.0. The molecule has 0 saturated heterocycles. The van der Waals surface area contributed by atoms with Crippen LogP contribution in [0.15, 0.2) is 65.6 Å². The molecule has 0 unspecified atom stereocenters. The molecule has 32 heavy (non-hydrogen) atoms. The summed E-state index contributed by atoms with van der Waals surface area (Å²) in [6.45, 7) is 8.20. The number of carbonyl (C=O) groups excluding carboxylic acids is 1. The van der Waals surface area contributed by atoms with E-state index in [4.69, 9.17) is 0 Å². The molecule has 0 aromatic heterocycles. The predicted molar refractivity (Wildman–Crippen MR) is 130 cm³/mol. The highest BCUT2D eigenvalue weighted by Crippen LogP contribution is 2.22. The second-order valence-electron chi connectivity index (χ2n) is 7.95. The quantitative estimate of drug-likeness (QED) is 0.498. The third-order valence-electron chi connectivity index (χ3n) is 5.51. The number of anilines is 1. The number of carbonyl (C=O) groups is 1. The van der Waals surface area contributed by atoms with Gasteiger partial charge in [-0.1, -0.05) is 50.2 Å². The van der Waals surface area contributed by atoms with E-state index in [1.54, 1.807) is 37.3 Å². The summed E-state index contributed by atoms with van der Waals surface area (Å²) in [5.74, 6) is -0.305. The molecule has 3 rings (SSSR count). The second kappa shape index (κ2) is 10.0. The predicted octanol–water partition coefficient (Wildman–Crippen LogP) is 5.16. The van der Waals surface area contributed by atoms with E-state index in [-0.39, 0.29) is 10.8 Å². The lowest BCUT2D eigenvalue weighted by Gasteiger charge is -2.14. The molecule has 0 bridgehead atoms. The largest absolute Gasteiger partial charge is 0.348 e. The van der Waals surface area contributed by atoms with E-state index in [0.717, 1.165) is 24.0 Å². The van der Waals surface area contributed by atoms with Gasteiger partial charge < -0.3 is 5.32 Å². The van der Waals surface area contributed by atoms with E-state index >= 15 is 0 Å². The van der Waals surface area contributed by atoms with Gasteiger partial charge in [0.05, 0.1) is 4.90 Å². The zero-order chi connectivity index (χ0) is 23.3. The average molecular weight is 451 g/mol. The van der Waals surface area contributed by atoms with Crippen molar-refractivity contribution in [1.82, 2.24) is 5.32 Å². The molecule has 2 N–H and O–H groups in total. The number of aryl methyl sites for hydroxylation is 4. The molecule has 0 atom stereocenters. The van der Waals surface area contributed by atoms with Crippen LogP contribution in [0.4, 0.5) is 5.69 Å². The molecule has 3 aromatic carbocycles. The molecule has 0 radical (unpaired) electrons. The Morgan fingerprint density at radius 3 is 2.34 bits per heavy atom. The molecule has 6 heteroatoms. The van der Waals surface area contributed by atoms with E-state index in [1.165, 1.54) is 17.2 Å². The maximum atomic E-state index is 13.0. The molecule has 0 fully saturated rings. The number of nitrogens with one attached hydrogen (secondary N) is 2. The first kappa shape index (κ1) is 23.5. The van der Waals surface area contributed by atoms with Crippen LogP contribution in [0.5, 0.6) is 0 Å². The summed E-state index contributed by atoms with van der Waals surface area (Å²) in [5.41, 5.74) is 5.82. The van der Waals surface area contributed by atoms with Crippen LogP contribution in [0.25, 0.3) is 0 Å². The minimum Gasteiger partial charge on any atom is -0.348 e. The fourth-order valence-corrected chi connectivity index (χ4v) is 4.96. The number of benzene rings is 3. The summed E-state index contributed by atoms with van der Waals surface area (Å²) in [6.07, 6.45) is 1.81. The molecule has 0 heterocycles. The minimum atomic E-state index is -3.83. The Hall–Kier alpha value is -3.12. The molecule has 0 aliphatic heterocycles. The molecule has 168 valence electrons. The summed E-state index contributed by atoms with van der Waals surface area (Å²) in [5, 5.41) is 2.94. The lowest BCUT2D eigenvalue weighted by molar-refractivity contribution is 0.0950. The maximum absolute atomic E-state index is 13.0. The van der Waals surface area contributed by atoms with Crippen molar-refractivity contribution in [3.05, 3.63) is 94.0 Å². The number of hydrogen-bond acceptors (Lipinski definition) is 3. The monoisotopic (exact) mass is 450 g/mol. The van der Waals surface area contributed by atoms with E-state index in [0.29, 0.717) is 23.4 Å². The van der Waals surface area contributed by atoms with Gasteiger partial charge in [0.1, 0.15) is 0 Å². The van der Waals surface area contributed by atoms with Gasteiger partial charge in [-0.15, -0.1) is 0 Å². The SMILES string of the molecule is CCc1ccc(CC)c(CNC(=O)c2ccc(C)c(S(=O)(=O)Nc3cccc(C)c3)c2)c1. The third kappa shape index (κ3) is 5.56. The fraction of sp³-hybridized carbons (Fsp3) is 0.269. The van der Waals surface area contributed by atoms with E-state index < -0.39 is 10.0 Å². The van der Waals surface area contributed by atoms with Crippen molar-refractivity contribution in [3.8, 4) is 0 Å². The van der Waals surface area contributed by atoms with Crippen LogP contribution in [-0.4, -0.2) is 14.3 Å². The van der Waals surface area contributed by atoms with Gasteiger partial charge in [-0.2, -0.15) is 0 Å². The van der Waals surface area contributed by atoms with Crippen molar-refractivity contribution in [2.24, 2.45) is 0 Å². The van der Waals surface area contributed by atoms with Crippen molar-refractivity contribution in [2.75, 3.05) is 4.72 Å². The first-order chi connectivity index (χ1) is 15.2. The summed E-state index contributed by atoms with van der Waals surface area (Å²) in [6, 6.07) is 18.2. The normalized spacial score (nSPS) is 11.2. The van der Waals surface area contributed by atoms with Crippen LogP contribution in [0.1, 0.15) is 52.0 Å². The van der Waals surface area contributed by atoms with Crippen molar-refractivity contribution < 1.29 is 13.2 Å². The molecule has 0 spiro atoms. The lowest BCUT2D eigenvalue weighted by Crippen LogP contribution is -2.24. The third-order valence-corrected chi connectivity index (χ3v) is 7.03. The van der Waals surface area contributed by atoms with E-state index in [2.05, 4.69) is 42.1 Å². The van der Waals surface area contributed by atoms with E-state index in [9.17, 15) is 13.2 Å². The van der Waals surface area contributed by atoms with Crippen molar-refractivity contribution in [1.29, 1.82) is 0 Å². The topological polar surface area (TPSA) is 75.3 Å². The average Bonchev–Trinajstić information content (AvgIpc) is 2.77. The zero-order valence-corrected chi connectivity index (χ0v) is 19.8. The Bertz CT molecular complexity index is 1230. The molecule has 0 saturated carbocycles. The molecular formula is C26H30N2O3S. The van der Waals surface area contributed by atoms with Crippen LogP contribution in [-0.2, 0) is 29.4 Å². The van der Waals surface area contributed by atoms with Crippen LogP contribution >= 0.6 is 0 Å². The Morgan fingerprint density at radius 1 is 0.875 bits per heavy atom. The van der Waals surface area contributed by atoms with Crippen LogP contribution in [0, 0.1) is 13.8 Å². The highest BCUT2D eigenvalue weighted by atomic mass is 32.2. The zero-order valence-electron chi connectivity index (χ0n) is 19.0. The summed E-state index contributed by atoms with van der Waals surface area (Å²) >= 11 is 0. The molecule has 5 nitrogen and oxygen atoms in total. The Balaban J connectivity index is 1.81. The first-order valence-electron chi connectivity index (χ1n) is 10.8. The van der Waals surface area contributed by atoms with Gasteiger partial charge in [0, 0.05) is 17.8 Å². The van der Waals surface area contributed by atoms with Crippen molar-refractivity contribution in [3.63, 3.8) is 0 Å². The van der Waals surface area contributed by atoms with Gasteiger partial charge in [-0.05, 0) is 78.8 Å². The van der Waals surface area contributed by atoms with Crippen LogP contribution < -0.4 is 10.0 Å². The Kier molecular flexibility index (Phi) is 7.36. The maximum Gasteiger partial charge on any atom is 0.262 e. The fourth-order valence-electron chi connectivity index (χ4n) is 3.64. The highest BCUT2D eigenvalue weighted by Gasteiger charge is 2.19. The number of hydrogen-bond donors (Lipinski definition) is 2. The first-order valence-corrected chi connectivity index (χ1v) is 12.3. The minimum absolute atomic E-state index is 0.0916. The summed E-state index contributed by atoms with van der Waals surface area (Å²) < 4.78 is 28.6. The van der Waals surface area contributed by atoms with Gasteiger partial charge in [0.25, 0.3) is 15.9 Å². The molecule has 3 aromatic rings. The summed E-state index contributed by atoms with van der Waals surface area (Å²) in [4.78, 5) is 12.9. The van der Waals surface area contributed by atoms with Gasteiger partial charge in [-0.25, -0.2) is 8.42 Å². The van der Waals surface area contributed by atoms with Crippen LogP contribution in [0.2, 0.25) is 0 Å². The van der Waals surface area contributed by atoms with Gasteiger partial charge in [-0.3, -0.25) is 9.52 Å². The number of rotatable bonds is 8. The van der Waals surface area contributed by atoms with Gasteiger partial charge in [0.15, 0.2) is 0 Å². The van der Waals surface area contributed by atoms with Crippen LogP contribution in [0.3, 0.4) is 0 Å². The van der Waals surface area contributed by atoms with E-state index in [1.807, 2.05) is 13.0 Å². The van der Waals surface area contributed by atoms with Crippen molar-refractivity contribution >= 4 is 21.6 Å². The van der Waals surface area contributed by atoms with Gasteiger partial charge in [0.2, 0.25) is 0 Å².